The SMILES string of the molecule is CC.CCC1(C)C=CC=C(C2(C)C=CC=C(OC(C)CNSC(C)C)C=C2)C=C1. The second-order valence-electron chi connectivity index (χ2n) is 8.16. The van der Waals surface area contributed by atoms with Crippen molar-refractivity contribution < 1.29 is 4.74 Å². The smallest absolute Gasteiger partial charge is 0.119 e. The number of ether oxygens (including phenoxy) is 1. The summed E-state index contributed by atoms with van der Waals surface area (Å²) in [6.07, 6.45) is 23.3. The van der Waals surface area contributed by atoms with Crippen LogP contribution < -0.4 is 4.72 Å². The largest absolute Gasteiger partial charge is 0.489 e. The molecule has 0 heterocycles. The second-order valence-corrected chi connectivity index (χ2v) is 9.63. The molecule has 0 amide bonds. The van der Waals surface area contributed by atoms with Crippen molar-refractivity contribution in [3.05, 3.63) is 72.1 Å². The van der Waals surface area contributed by atoms with Gasteiger partial charge >= 0.3 is 0 Å². The summed E-state index contributed by atoms with van der Waals surface area (Å²) in [4.78, 5) is 0. The first-order chi connectivity index (χ1) is 13.8. The third kappa shape index (κ3) is 8.44. The van der Waals surface area contributed by atoms with Gasteiger partial charge in [-0.2, -0.15) is 0 Å². The lowest BCUT2D eigenvalue weighted by molar-refractivity contribution is 0.145. The fraction of sp³-hybridized carbons (Fsp3) is 0.538. The molecule has 1 N–H and O–H groups in total. The zero-order chi connectivity index (χ0) is 21.9. The normalized spacial score (nSPS) is 26.8. The number of rotatable bonds is 8. The van der Waals surface area contributed by atoms with Gasteiger partial charge in [-0.15, -0.1) is 0 Å². The second kappa shape index (κ2) is 12.3. The van der Waals surface area contributed by atoms with Gasteiger partial charge in [0.05, 0.1) is 0 Å². The average Bonchev–Trinajstić information content (AvgIpc) is 3.01. The molecule has 0 aromatic rings. The fourth-order valence-corrected chi connectivity index (χ4v) is 3.61. The van der Waals surface area contributed by atoms with Crippen molar-refractivity contribution in [1.29, 1.82) is 0 Å². The molecule has 0 aromatic carbocycles. The van der Waals surface area contributed by atoms with E-state index >= 15 is 0 Å². The first-order valence-electron chi connectivity index (χ1n) is 11.0. The zero-order valence-corrected chi connectivity index (χ0v) is 20.5. The van der Waals surface area contributed by atoms with Crippen molar-refractivity contribution in [2.24, 2.45) is 10.8 Å². The van der Waals surface area contributed by atoms with Gasteiger partial charge in [-0.05, 0) is 38.0 Å². The molecule has 2 rings (SSSR count). The van der Waals surface area contributed by atoms with Crippen molar-refractivity contribution in [1.82, 2.24) is 4.72 Å². The number of nitrogens with one attached hydrogen (secondary N) is 1. The molecule has 2 aliphatic rings. The van der Waals surface area contributed by atoms with Crippen molar-refractivity contribution in [2.75, 3.05) is 6.54 Å². The van der Waals surface area contributed by atoms with Crippen molar-refractivity contribution in [3.63, 3.8) is 0 Å². The minimum atomic E-state index is -0.142. The summed E-state index contributed by atoms with van der Waals surface area (Å²) in [6, 6.07) is 0. The molecule has 0 aromatic heterocycles. The maximum atomic E-state index is 6.10. The topological polar surface area (TPSA) is 21.3 Å². The standard InChI is InChI=1S/C24H35NOS.C2H6/c1-7-23(5)14-8-10-21(12-16-23)24(6)15-9-11-22(13-17-24)26-20(4)18-25-27-19(2)3;1-2/h8-17,19-20,25H,7,18H2,1-6H3;1-2H3. The Hall–Kier alpha value is -1.45. The molecule has 3 atom stereocenters. The molecule has 3 heteroatoms. The van der Waals surface area contributed by atoms with Crippen LogP contribution in [0, 0.1) is 10.8 Å². The Balaban J connectivity index is 0.00000204. The predicted octanol–water partition coefficient (Wildman–Crippen LogP) is 7.55. The van der Waals surface area contributed by atoms with Crippen molar-refractivity contribution in [2.45, 2.75) is 73.2 Å². The highest BCUT2D eigenvalue weighted by atomic mass is 32.2. The number of hydrogen-bond acceptors (Lipinski definition) is 3. The highest BCUT2D eigenvalue weighted by Crippen LogP contribution is 2.37. The van der Waals surface area contributed by atoms with Crippen LogP contribution in [0.3, 0.4) is 0 Å². The van der Waals surface area contributed by atoms with E-state index in [9.17, 15) is 0 Å². The van der Waals surface area contributed by atoms with Crippen LogP contribution in [0.15, 0.2) is 72.1 Å². The van der Waals surface area contributed by atoms with Gasteiger partial charge in [0.1, 0.15) is 11.9 Å². The summed E-state index contributed by atoms with van der Waals surface area (Å²) >= 11 is 1.74. The molecule has 2 aliphatic carbocycles. The summed E-state index contributed by atoms with van der Waals surface area (Å²) in [5, 5.41) is 0.572. The van der Waals surface area contributed by atoms with E-state index in [1.165, 1.54) is 5.57 Å². The van der Waals surface area contributed by atoms with Crippen LogP contribution >= 0.6 is 11.9 Å². The highest BCUT2D eigenvalue weighted by Gasteiger charge is 2.25. The molecule has 3 unspecified atom stereocenters. The van der Waals surface area contributed by atoms with Gasteiger partial charge in [-0.3, -0.25) is 4.72 Å². The van der Waals surface area contributed by atoms with Crippen LogP contribution in [0.5, 0.6) is 0 Å². The molecule has 162 valence electrons. The lowest BCUT2D eigenvalue weighted by atomic mass is 9.80. The van der Waals surface area contributed by atoms with E-state index in [2.05, 4.69) is 107 Å². The minimum Gasteiger partial charge on any atom is -0.489 e. The van der Waals surface area contributed by atoms with Crippen molar-refractivity contribution >= 4 is 11.9 Å². The van der Waals surface area contributed by atoms with Gasteiger partial charge in [0.2, 0.25) is 0 Å². The van der Waals surface area contributed by atoms with Gasteiger partial charge in [0, 0.05) is 22.6 Å². The van der Waals surface area contributed by atoms with E-state index in [0.29, 0.717) is 5.25 Å². The Morgan fingerprint density at radius 2 is 1.66 bits per heavy atom. The third-order valence-corrected chi connectivity index (χ3v) is 5.91. The molecule has 0 aliphatic heterocycles. The van der Waals surface area contributed by atoms with Crippen LogP contribution in [0.4, 0.5) is 0 Å². The maximum absolute atomic E-state index is 6.10. The quantitative estimate of drug-likeness (QED) is 0.413. The minimum absolute atomic E-state index is 0.120. The number of hydrogen-bond donors (Lipinski definition) is 1. The summed E-state index contributed by atoms with van der Waals surface area (Å²) in [7, 11) is 0. The summed E-state index contributed by atoms with van der Waals surface area (Å²) in [5.41, 5.74) is 1.28. The zero-order valence-electron chi connectivity index (χ0n) is 19.7. The van der Waals surface area contributed by atoms with Crippen LogP contribution in [0.2, 0.25) is 0 Å². The highest BCUT2D eigenvalue weighted by molar-refractivity contribution is 7.97. The van der Waals surface area contributed by atoms with Gasteiger partial charge in [0.25, 0.3) is 0 Å². The van der Waals surface area contributed by atoms with Crippen LogP contribution in [-0.4, -0.2) is 17.9 Å². The molecule has 0 saturated heterocycles. The monoisotopic (exact) mass is 415 g/mol. The van der Waals surface area contributed by atoms with E-state index in [1.807, 2.05) is 13.8 Å². The Morgan fingerprint density at radius 1 is 0.966 bits per heavy atom. The van der Waals surface area contributed by atoms with E-state index in [4.69, 9.17) is 4.74 Å². The molecule has 2 nitrogen and oxygen atoms in total. The average molecular weight is 416 g/mol. The van der Waals surface area contributed by atoms with Crippen LogP contribution in [0.25, 0.3) is 0 Å². The summed E-state index contributed by atoms with van der Waals surface area (Å²) in [5.74, 6) is 0.908. The number of allylic oxidation sites excluding steroid dienone is 11. The first kappa shape index (κ1) is 25.6. The Labute approximate surface area is 184 Å². The molecule has 0 spiro atoms. The van der Waals surface area contributed by atoms with Gasteiger partial charge in [-0.1, -0.05) is 102 Å². The summed E-state index contributed by atoms with van der Waals surface area (Å²) < 4.78 is 9.48. The van der Waals surface area contributed by atoms with E-state index in [1.54, 1.807) is 11.9 Å². The molecule has 0 bridgehead atoms. The van der Waals surface area contributed by atoms with E-state index in [-0.39, 0.29) is 16.9 Å². The molecular formula is C26H41NOS. The molecular weight excluding hydrogens is 374 g/mol. The Morgan fingerprint density at radius 3 is 2.31 bits per heavy atom. The van der Waals surface area contributed by atoms with Gasteiger partial charge in [0.15, 0.2) is 0 Å². The Bertz CT molecular complexity index is 683. The molecule has 29 heavy (non-hydrogen) atoms. The predicted molar refractivity (Wildman–Crippen MR) is 132 cm³/mol. The van der Waals surface area contributed by atoms with Gasteiger partial charge < -0.3 is 4.74 Å². The van der Waals surface area contributed by atoms with E-state index < -0.39 is 0 Å². The lowest BCUT2D eigenvalue weighted by Crippen LogP contribution is -2.23. The van der Waals surface area contributed by atoms with E-state index in [0.717, 1.165) is 18.7 Å². The maximum Gasteiger partial charge on any atom is 0.119 e. The Kier molecular flexibility index (Phi) is 10.8. The molecule has 0 radical (unpaired) electrons. The van der Waals surface area contributed by atoms with Gasteiger partial charge in [-0.25, -0.2) is 0 Å². The summed E-state index contributed by atoms with van der Waals surface area (Å²) in [6.45, 7) is 18.0. The molecule has 0 saturated carbocycles. The lowest BCUT2D eigenvalue weighted by Gasteiger charge is -2.24. The first-order valence-corrected chi connectivity index (χ1v) is 11.9. The van der Waals surface area contributed by atoms with Crippen molar-refractivity contribution in [3.8, 4) is 0 Å². The van der Waals surface area contributed by atoms with Crippen LogP contribution in [-0.2, 0) is 4.74 Å². The fourth-order valence-electron chi connectivity index (χ4n) is 2.94. The third-order valence-electron chi connectivity index (χ3n) is 5.10. The van der Waals surface area contributed by atoms with Crippen LogP contribution in [0.1, 0.15) is 61.8 Å². The molecule has 0 fully saturated rings.